The summed E-state index contributed by atoms with van der Waals surface area (Å²) in [5.74, 6) is 3.36. The summed E-state index contributed by atoms with van der Waals surface area (Å²) in [6.07, 6.45) is 23.6. The lowest BCUT2D eigenvalue weighted by molar-refractivity contribution is -2.00. The zero-order chi connectivity index (χ0) is 41.6. The van der Waals surface area contributed by atoms with Gasteiger partial charge in [0.05, 0.1) is 23.3 Å². The minimum absolute atomic E-state index is 0.839. The maximum atomic E-state index is 8.49. The summed E-state index contributed by atoms with van der Waals surface area (Å²) in [5, 5.41) is 0. The quantitative estimate of drug-likeness (QED) is 0.101. The van der Waals surface area contributed by atoms with Crippen LogP contribution in [0, 0.1) is 10.2 Å². The van der Waals surface area contributed by atoms with Gasteiger partial charge >= 0.3 is 11.5 Å². The molecule has 6 nitrogen and oxygen atoms in total. The van der Waals surface area contributed by atoms with Crippen molar-refractivity contribution in [2.45, 2.75) is 12.8 Å². The normalized spacial score (nSPS) is 14.9. The predicted octanol–water partition coefficient (Wildman–Crippen LogP) is 9.48. The fraction of sp³-hybridized carbons (Fsp3) is 0.0377. The first-order chi connectivity index (χ1) is 29.3. The van der Waals surface area contributed by atoms with Crippen molar-refractivity contribution in [3.05, 3.63) is 257 Å². The summed E-state index contributed by atoms with van der Waals surface area (Å²) in [5.41, 5.74) is 11.6. The Hall–Kier alpha value is -6.90. The summed E-state index contributed by atoms with van der Waals surface area (Å²) < 4.78 is 46.7. The van der Waals surface area contributed by atoms with E-state index in [-0.39, 0.29) is 0 Å². The Kier molecular flexibility index (Phi) is 13.9. The van der Waals surface area contributed by atoms with Crippen molar-refractivity contribution in [1.82, 2.24) is 0 Å². The highest BCUT2D eigenvalue weighted by Gasteiger charge is 2.20. The van der Waals surface area contributed by atoms with Gasteiger partial charge in [0.15, 0.2) is 0 Å². The second-order valence-corrected chi connectivity index (χ2v) is 14.6. The minimum atomic E-state index is -4.94. The molecule has 0 bridgehead atoms. The molecule has 0 saturated heterocycles. The monoisotopic (exact) mass is 808 g/mol. The largest absolute Gasteiger partial charge is 0.456 e. The molecule has 0 N–H and O–H groups in total. The topological polar surface area (TPSA) is 113 Å². The van der Waals surface area contributed by atoms with E-state index in [4.69, 9.17) is 27.8 Å². The van der Waals surface area contributed by atoms with Gasteiger partial charge in [0, 0.05) is 11.1 Å². The first-order valence-corrected chi connectivity index (χ1v) is 20.6. The molecule has 0 radical (unpaired) electrons. The van der Waals surface area contributed by atoms with Crippen molar-refractivity contribution in [1.29, 1.82) is 0 Å². The summed E-state index contributed by atoms with van der Waals surface area (Å²) in [6.45, 7) is 0. The van der Waals surface area contributed by atoms with Crippen LogP contribution >= 0.6 is 0 Å². The van der Waals surface area contributed by atoms with Crippen LogP contribution in [0.5, 0.6) is 0 Å². The summed E-state index contributed by atoms with van der Waals surface area (Å²) in [6, 6.07) is 56.0. The number of hydrogen-bond acceptors (Lipinski definition) is 5. The first kappa shape index (κ1) is 41.3. The van der Waals surface area contributed by atoms with E-state index in [1.807, 2.05) is 72.8 Å². The number of hydrogen-bond donors (Lipinski definition) is 0. The van der Waals surface area contributed by atoms with Gasteiger partial charge in [-0.25, -0.2) is 23.1 Å². The second kappa shape index (κ2) is 20.2. The Morgan fingerprint density at radius 1 is 0.467 bits per heavy atom. The molecule has 296 valence electrons. The number of halogens is 1. The van der Waals surface area contributed by atoms with Crippen molar-refractivity contribution in [3.63, 3.8) is 0 Å². The highest BCUT2D eigenvalue weighted by molar-refractivity contribution is 5.86. The smallest absolute Gasteiger partial charge is 0.361 e. The molecule has 0 unspecified atom stereocenters. The molecule has 0 fully saturated rings. The van der Waals surface area contributed by atoms with Crippen LogP contribution in [0.1, 0.15) is 35.1 Å². The van der Waals surface area contributed by atoms with E-state index in [0.717, 1.165) is 69.3 Å². The standard InChI is InChI=1S/C53H41O2.ClHO4/c1-6-22-42(23-7-1)49-36-40(37-50(54-49)43-24-8-2-9-25-43)20-16-18-32-47-34-35-48(53(47)46-30-14-5-15-31-46)33-19-17-21-41-38-51(44-26-10-3-11-27-44)55-52(39-41)45-28-12-4-13-29-45;2-1(3,4)5/h1-33,36-39H,34-35H2;(H,2,3,4,5)/q+1;/p-1. The Labute approximate surface area is 352 Å². The van der Waals surface area contributed by atoms with Crippen LogP contribution in [0.15, 0.2) is 240 Å². The molecule has 2 aliphatic rings. The zero-order valence-corrected chi connectivity index (χ0v) is 33.4. The Balaban J connectivity index is 0.00000103. The summed E-state index contributed by atoms with van der Waals surface area (Å²) in [7, 11) is -4.94. The van der Waals surface area contributed by atoms with Gasteiger partial charge in [0.25, 0.3) is 0 Å². The number of allylic oxidation sites excluding steroid dienone is 13. The van der Waals surface area contributed by atoms with E-state index < -0.39 is 10.2 Å². The Bertz CT molecular complexity index is 2500. The van der Waals surface area contributed by atoms with E-state index in [1.54, 1.807) is 0 Å². The van der Waals surface area contributed by atoms with Crippen molar-refractivity contribution in [2.24, 2.45) is 0 Å². The third-order valence-corrected chi connectivity index (χ3v) is 9.63. The average molecular weight is 809 g/mol. The van der Waals surface area contributed by atoms with Gasteiger partial charge in [-0.2, -0.15) is 0 Å². The molecule has 1 aliphatic carbocycles. The van der Waals surface area contributed by atoms with Crippen molar-refractivity contribution in [2.75, 3.05) is 0 Å². The molecule has 5 aromatic carbocycles. The molecular weight excluding hydrogens is 768 g/mol. The number of benzene rings is 5. The van der Waals surface area contributed by atoms with Crippen LogP contribution < -0.4 is 18.6 Å². The lowest BCUT2D eigenvalue weighted by Gasteiger charge is -2.18. The number of rotatable bonds is 10. The Morgan fingerprint density at radius 2 is 0.883 bits per heavy atom. The maximum Gasteiger partial charge on any atom is 0.361 e. The lowest BCUT2D eigenvalue weighted by atomic mass is 9.97. The van der Waals surface area contributed by atoms with Crippen LogP contribution in [0.25, 0.3) is 45.8 Å². The zero-order valence-electron chi connectivity index (χ0n) is 32.6. The van der Waals surface area contributed by atoms with Crippen molar-refractivity contribution >= 4 is 23.2 Å². The molecule has 0 spiro atoms. The fourth-order valence-corrected chi connectivity index (χ4v) is 6.93. The molecule has 2 heterocycles. The van der Waals surface area contributed by atoms with Gasteiger partial charge in [-0.1, -0.05) is 176 Å². The summed E-state index contributed by atoms with van der Waals surface area (Å²) >= 11 is 0. The number of ether oxygens (including phenoxy) is 1. The van der Waals surface area contributed by atoms with Crippen LogP contribution in [-0.4, -0.2) is 0 Å². The van der Waals surface area contributed by atoms with E-state index in [0.29, 0.717) is 0 Å². The van der Waals surface area contributed by atoms with Crippen molar-refractivity contribution < 1.29 is 38.0 Å². The molecule has 6 aromatic rings. The van der Waals surface area contributed by atoms with Gasteiger partial charge in [0.2, 0.25) is 0 Å². The second-order valence-electron chi connectivity index (χ2n) is 13.8. The van der Waals surface area contributed by atoms with Crippen molar-refractivity contribution in [3.8, 4) is 22.6 Å². The van der Waals surface area contributed by atoms with E-state index in [1.165, 1.54) is 22.3 Å². The van der Waals surface area contributed by atoms with E-state index in [9.17, 15) is 0 Å². The molecule has 1 aromatic heterocycles. The molecule has 0 amide bonds. The van der Waals surface area contributed by atoms with Crippen LogP contribution in [0.3, 0.4) is 0 Å². The summed E-state index contributed by atoms with van der Waals surface area (Å²) in [4.78, 5) is 0. The van der Waals surface area contributed by atoms with Gasteiger partial charge in [-0.05, 0) is 82.7 Å². The van der Waals surface area contributed by atoms with Crippen LogP contribution in [0.4, 0.5) is 0 Å². The average Bonchev–Trinajstić information content (AvgIpc) is 3.69. The lowest BCUT2D eigenvalue weighted by Crippen LogP contribution is -2.68. The van der Waals surface area contributed by atoms with E-state index in [2.05, 4.69) is 152 Å². The SMILES string of the molecule is C(/C=C/C=C1\CCC(/C=C/C=C/c2cc(-c3ccccc3)[o+]c(-c3ccccc3)c2)=C1c1ccccc1)=C1C=C(c2ccccc2)OC(c2ccccc2)=C1.[O-][Cl+3]([O-])([O-])[O-]. The first-order valence-electron chi connectivity index (χ1n) is 19.4. The highest BCUT2D eigenvalue weighted by atomic mass is 35.7. The minimum Gasteiger partial charge on any atom is -0.456 e. The molecule has 0 atom stereocenters. The van der Waals surface area contributed by atoms with Gasteiger partial charge in [-0.15, -0.1) is 10.2 Å². The molecule has 8 rings (SSSR count). The van der Waals surface area contributed by atoms with Gasteiger partial charge in [-0.3, -0.25) is 0 Å². The van der Waals surface area contributed by atoms with Gasteiger partial charge in [0.1, 0.15) is 11.5 Å². The van der Waals surface area contributed by atoms with Crippen LogP contribution in [-0.2, 0) is 4.74 Å². The Morgan fingerprint density at radius 3 is 1.37 bits per heavy atom. The van der Waals surface area contributed by atoms with E-state index >= 15 is 0 Å². The molecule has 7 heteroatoms. The van der Waals surface area contributed by atoms with Gasteiger partial charge < -0.3 is 4.74 Å². The molecule has 1 aliphatic heterocycles. The van der Waals surface area contributed by atoms with Crippen LogP contribution in [0.2, 0.25) is 0 Å². The fourth-order valence-electron chi connectivity index (χ4n) is 6.93. The highest BCUT2D eigenvalue weighted by Crippen LogP contribution is 2.39. The third kappa shape index (κ3) is 11.8. The maximum absolute atomic E-state index is 8.49. The molecule has 0 saturated carbocycles. The molecular formula is C53H41ClO6. The predicted molar refractivity (Wildman–Crippen MR) is 230 cm³/mol. The third-order valence-electron chi connectivity index (χ3n) is 9.63. The molecule has 60 heavy (non-hydrogen) atoms.